The van der Waals surface area contributed by atoms with Gasteiger partial charge in [-0.1, -0.05) is 31.1 Å². The normalized spacial score (nSPS) is 13.6. The molecule has 2 aromatic carbocycles. The molecule has 1 aliphatic rings. The molecule has 2 heterocycles. The summed E-state index contributed by atoms with van der Waals surface area (Å²) >= 11 is 0. The molecule has 0 bridgehead atoms. The van der Waals surface area contributed by atoms with Gasteiger partial charge in [-0.2, -0.15) is 4.98 Å². The van der Waals surface area contributed by atoms with Gasteiger partial charge in [0.05, 0.1) is 5.56 Å². The van der Waals surface area contributed by atoms with E-state index in [1.165, 1.54) is 18.2 Å². The average molecular weight is 383 g/mol. The molecule has 0 saturated carbocycles. The Hall–Kier alpha value is -3.42. The zero-order chi connectivity index (χ0) is 19.7. The second-order valence-electron chi connectivity index (χ2n) is 6.70. The van der Waals surface area contributed by atoms with Crippen LogP contribution in [-0.2, 0) is 0 Å². The van der Waals surface area contributed by atoms with Crippen LogP contribution < -0.4 is 14.8 Å². The number of hydrogen-bond acceptors (Lipinski definition) is 6. The molecule has 7 nitrogen and oxygen atoms in total. The number of rotatable bonds is 5. The molecule has 0 fully saturated rings. The number of hydrogen-bond donors (Lipinski definition) is 1. The summed E-state index contributed by atoms with van der Waals surface area (Å²) in [6.07, 6.45) is 0. The molecular formula is C20H18FN3O4. The van der Waals surface area contributed by atoms with E-state index in [9.17, 15) is 9.18 Å². The van der Waals surface area contributed by atoms with Crippen LogP contribution in [0, 0.1) is 11.7 Å². The molecule has 1 amide bonds. The fourth-order valence-corrected chi connectivity index (χ4v) is 2.89. The smallest absolute Gasteiger partial charge is 0.254 e. The van der Waals surface area contributed by atoms with Gasteiger partial charge in [0.2, 0.25) is 18.5 Å². The fraction of sp³-hybridized carbons (Fsp3) is 0.250. The number of nitrogens with zero attached hydrogens (tertiary/aromatic N) is 2. The van der Waals surface area contributed by atoms with Crippen molar-refractivity contribution in [2.45, 2.75) is 19.9 Å². The van der Waals surface area contributed by atoms with Crippen molar-refractivity contribution in [2.24, 2.45) is 5.92 Å². The summed E-state index contributed by atoms with van der Waals surface area (Å²) in [5, 5.41) is 6.78. The fourth-order valence-electron chi connectivity index (χ4n) is 2.89. The molecule has 0 spiro atoms. The number of fused-ring (bicyclic) bond motifs is 1. The van der Waals surface area contributed by atoms with Gasteiger partial charge >= 0.3 is 0 Å². The number of ether oxygens (including phenoxy) is 2. The van der Waals surface area contributed by atoms with Crippen molar-refractivity contribution in [3.63, 3.8) is 0 Å². The highest BCUT2D eigenvalue weighted by molar-refractivity contribution is 5.94. The Morgan fingerprint density at radius 1 is 1.14 bits per heavy atom. The second kappa shape index (κ2) is 7.30. The summed E-state index contributed by atoms with van der Waals surface area (Å²) in [5.41, 5.74) is 0.658. The quantitative estimate of drug-likeness (QED) is 0.722. The molecule has 0 unspecified atom stereocenters. The third kappa shape index (κ3) is 3.40. The van der Waals surface area contributed by atoms with Gasteiger partial charge in [0.25, 0.3) is 5.91 Å². The van der Waals surface area contributed by atoms with Crippen LogP contribution in [0.1, 0.15) is 36.1 Å². The van der Waals surface area contributed by atoms with E-state index >= 15 is 0 Å². The maximum Gasteiger partial charge on any atom is 0.254 e. The van der Waals surface area contributed by atoms with Crippen LogP contribution in [0.5, 0.6) is 11.5 Å². The maximum atomic E-state index is 13.9. The Bertz CT molecular complexity index is 1020. The molecule has 144 valence electrons. The molecule has 0 aliphatic carbocycles. The Morgan fingerprint density at radius 2 is 1.93 bits per heavy atom. The molecule has 1 N–H and O–H groups in total. The highest BCUT2D eigenvalue weighted by Gasteiger charge is 2.26. The lowest BCUT2D eigenvalue weighted by Gasteiger charge is -2.18. The minimum atomic E-state index is -0.589. The topological polar surface area (TPSA) is 86.5 Å². The standard InChI is InChI=1S/C20H18FN3O4/c1-11(2)17(22-19(25)13-5-3-4-6-14(13)21)20-23-18(24-28-20)12-7-8-15-16(9-12)27-10-26-15/h3-9,11,17H,10H2,1-2H3,(H,22,25)/t17-/m0/s1. The highest BCUT2D eigenvalue weighted by atomic mass is 19.1. The molecule has 1 atom stereocenters. The average Bonchev–Trinajstić information content (AvgIpc) is 3.34. The van der Waals surface area contributed by atoms with Gasteiger partial charge < -0.3 is 19.3 Å². The Balaban J connectivity index is 1.58. The van der Waals surface area contributed by atoms with E-state index in [4.69, 9.17) is 14.0 Å². The monoisotopic (exact) mass is 383 g/mol. The molecule has 8 heteroatoms. The molecule has 4 rings (SSSR count). The largest absolute Gasteiger partial charge is 0.454 e. The minimum absolute atomic E-state index is 0.0383. The molecular weight excluding hydrogens is 365 g/mol. The number of benzene rings is 2. The van der Waals surface area contributed by atoms with Crippen LogP contribution in [0.25, 0.3) is 11.4 Å². The van der Waals surface area contributed by atoms with E-state index in [2.05, 4.69) is 15.5 Å². The van der Waals surface area contributed by atoms with Crippen molar-refractivity contribution in [1.82, 2.24) is 15.5 Å². The van der Waals surface area contributed by atoms with E-state index in [0.717, 1.165) is 0 Å². The predicted molar refractivity (Wildman–Crippen MR) is 97.3 cm³/mol. The van der Waals surface area contributed by atoms with Crippen LogP contribution >= 0.6 is 0 Å². The zero-order valence-corrected chi connectivity index (χ0v) is 15.3. The van der Waals surface area contributed by atoms with E-state index < -0.39 is 17.8 Å². The van der Waals surface area contributed by atoms with Crippen molar-refractivity contribution in [1.29, 1.82) is 0 Å². The summed E-state index contributed by atoms with van der Waals surface area (Å²) in [6, 6.07) is 10.6. The third-order valence-corrected chi connectivity index (χ3v) is 4.41. The van der Waals surface area contributed by atoms with Gasteiger partial charge in [0.15, 0.2) is 11.5 Å². The summed E-state index contributed by atoms with van der Waals surface area (Å²) in [4.78, 5) is 16.9. The molecule has 0 saturated heterocycles. The van der Waals surface area contributed by atoms with Crippen LogP contribution in [0.4, 0.5) is 4.39 Å². The summed E-state index contributed by atoms with van der Waals surface area (Å²) in [5.74, 6) is 0.683. The first-order valence-corrected chi connectivity index (χ1v) is 8.82. The van der Waals surface area contributed by atoms with Crippen molar-refractivity contribution in [2.75, 3.05) is 6.79 Å². The van der Waals surface area contributed by atoms with Gasteiger partial charge in [0, 0.05) is 5.56 Å². The van der Waals surface area contributed by atoms with Gasteiger partial charge in [0.1, 0.15) is 11.9 Å². The van der Waals surface area contributed by atoms with Crippen LogP contribution in [-0.4, -0.2) is 22.8 Å². The molecule has 28 heavy (non-hydrogen) atoms. The minimum Gasteiger partial charge on any atom is -0.454 e. The third-order valence-electron chi connectivity index (χ3n) is 4.41. The summed E-state index contributed by atoms with van der Waals surface area (Å²) in [7, 11) is 0. The molecule has 0 radical (unpaired) electrons. The van der Waals surface area contributed by atoms with Crippen LogP contribution in [0.15, 0.2) is 47.0 Å². The van der Waals surface area contributed by atoms with E-state index in [1.54, 1.807) is 24.3 Å². The van der Waals surface area contributed by atoms with Gasteiger partial charge in [-0.3, -0.25) is 4.79 Å². The van der Waals surface area contributed by atoms with Gasteiger partial charge in [-0.15, -0.1) is 0 Å². The lowest BCUT2D eigenvalue weighted by molar-refractivity contribution is 0.0909. The maximum absolute atomic E-state index is 13.9. The molecule has 3 aromatic rings. The first-order valence-electron chi connectivity index (χ1n) is 8.82. The van der Waals surface area contributed by atoms with E-state index in [0.29, 0.717) is 22.9 Å². The number of nitrogens with one attached hydrogen (secondary N) is 1. The van der Waals surface area contributed by atoms with Crippen molar-refractivity contribution >= 4 is 5.91 Å². The van der Waals surface area contributed by atoms with Crippen LogP contribution in [0.3, 0.4) is 0 Å². The Morgan fingerprint density at radius 3 is 2.71 bits per heavy atom. The first kappa shape index (κ1) is 18.0. The molecule has 1 aliphatic heterocycles. The number of amides is 1. The number of carbonyl (C=O) groups is 1. The van der Waals surface area contributed by atoms with Crippen molar-refractivity contribution in [3.8, 4) is 22.9 Å². The van der Waals surface area contributed by atoms with Crippen molar-refractivity contribution in [3.05, 3.63) is 59.7 Å². The SMILES string of the molecule is CC(C)[C@H](NC(=O)c1ccccc1F)c1nc(-c2ccc3c(c2)OCO3)no1. The number of carbonyl (C=O) groups excluding carboxylic acids is 1. The van der Waals surface area contributed by atoms with Crippen molar-refractivity contribution < 1.29 is 23.2 Å². The predicted octanol–water partition coefficient (Wildman–Crippen LogP) is 3.73. The van der Waals surface area contributed by atoms with Crippen LogP contribution in [0.2, 0.25) is 0 Å². The number of aromatic nitrogens is 2. The van der Waals surface area contributed by atoms with Gasteiger partial charge in [-0.25, -0.2) is 4.39 Å². The summed E-state index contributed by atoms with van der Waals surface area (Å²) in [6.45, 7) is 3.97. The second-order valence-corrected chi connectivity index (χ2v) is 6.70. The Kier molecular flexibility index (Phi) is 4.68. The van der Waals surface area contributed by atoms with E-state index in [-0.39, 0.29) is 24.2 Å². The zero-order valence-electron chi connectivity index (χ0n) is 15.3. The highest BCUT2D eigenvalue weighted by Crippen LogP contribution is 2.35. The molecule has 1 aromatic heterocycles. The lowest BCUT2D eigenvalue weighted by atomic mass is 10.0. The first-order chi connectivity index (χ1) is 13.5. The Labute approximate surface area is 160 Å². The lowest BCUT2D eigenvalue weighted by Crippen LogP contribution is -2.32. The van der Waals surface area contributed by atoms with Gasteiger partial charge in [-0.05, 0) is 36.2 Å². The summed E-state index contributed by atoms with van der Waals surface area (Å²) < 4.78 is 29.9. The number of halogens is 1. The van der Waals surface area contributed by atoms with E-state index in [1.807, 2.05) is 13.8 Å².